The van der Waals surface area contributed by atoms with E-state index in [-0.39, 0.29) is 17.8 Å². The molecule has 1 saturated heterocycles. The lowest BCUT2D eigenvalue weighted by Gasteiger charge is -2.15. The summed E-state index contributed by atoms with van der Waals surface area (Å²) in [5.74, 6) is 0.309. The van der Waals surface area contributed by atoms with Crippen LogP contribution in [0.2, 0.25) is 5.02 Å². The third kappa shape index (κ3) is 3.86. The molecule has 0 aromatic heterocycles. The fraction of sp³-hybridized carbons (Fsp3) is 0.158. The van der Waals surface area contributed by atoms with E-state index < -0.39 is 0 Å². The summed E-state index contributed by atoms with van der Waals surface area (Å²) in [6.07, 6.45) is 1.67. The Balaban J connectivity index is 1.74. The Bertz CT molecular complexity index is 898. The smallest absolute Gasteiger partial charge is 0.295 e. The molecule has 1 aliphatic heterocycles. The average molecular weight is 389 g/mol. The van der Waals surface area contributed by atoms with Crippen LogP contribution in [0, 0.1) is 6.92 Å². The van der Waals surface area contributed by atoms with Gasteiger partial charge >= 0.3 is 0 Å². The second-order valence-electron chi connectivity index (χ2n) is 5.65. The summed E-state index contributed by atoms with van der Waals surface area (Å²) in [6, 6.07) is 12.8. The summed E-state index contributed by atoms with van der Waals surface area (Å²) in [4.78, 5) is 26.3. The summed E-state index contributed by atoms with van der Waals surface area (Å²) in [5, 5.41) is 3.36. The van der Waals surface area contributed by atoms with Crippen molar-refractivity contribution in [2.75, 3.05) is 19.1 Å². The number of carbonyl (C=O) groups excluding carboxylic acids is 2. The maximum Gasteiger partial charge on any atom is 0.295 e. The third-order valence-electron chi connectivity index (χ3n) is 3.91. The number of ether oxygens (including phenoxy) is 1. The van der Waals surface area contributed by atoms with Gasteiger partial charge in [0.1, 0.15) is 5.75 Å². The van der Waals surface area contributed by atoms with Gasteiger partial charge in [-0.15, -0.1) is 0 Å². The predicted molar refractivity (Wildman–Crippen MR) is 105 cm³/mol. The molecule has 0 unspecified atom stereocenters. The third-order valence-corrected chi connectivity index (χ3v) is 5.23. The standard InChI is InChI=1S/C19H17ClN2O3S/c1-12-7-8-14(10-15(12)20)21-11-22-18(23)17(26-19(22)24)9-13-5-3-4-6-16(13)25-2/h3-10,21H,11H2,1-2H3/b17-9+. The molecule has 2 aromatic carbocycles. The van der Waals surface area contributed by atoms with E-state index in [2.05, 4.69) is 5.32 Å². The van der Waals surface area contributed by atoms with Gasteiger partial charge in [0, 0.05) is 16.3 Å². The molecular formula is C19H17ClN2O3S. The first-order chi connectivity index (χ1) is 12.5. The van der Waals surface area contributed by atoms with Gasteiger partial charge in [0.2, 0.25) is 0 Å². The van der Waals surface area contributed by atoms with Crippen LogP contribution < -0.4 is 10.1 Å². The number of thioether (sulfide) groups is 1. The monoisotopic (exact) mass is 388 g/mol. The minimum absolute atomic E-state index is 0.0767. The zero-order chi connectivity index (χ0) is 18.7. The number of hydrogen-bond donors (Lipinski definition) is 1. The van der Waals surface area contributed by atoms with Crippen molar-refractivity contribution >= 4 is 46.3 Å². The number of nitrogens with zero attached hydrogens (tertiary/aromatic N) is 1. The number of hydrogen-bond acceptors (Lipinski definition) is 5. The average Bonchev–Trinajstić information content (AvgIpc) is 2.90. The molecule has 3 rings (SSSR count). The van der Waals surface area contributed by atoms with E-state index in [1.807, 2.05) is 37.3 Å². The summed E-state index contributed by atoms with van der Waals surface area (Å²) in [5.41, 5.74) is 2.45. The van der Waals surface area contributed by atoms with E-state index in [0.29, 0.717) is 15.7 Å². The van der Waals surface area contributed by atoms with Gasteiger partial charge in [-0.2, -0.15) is 0 Å². The summed E-state index contributed by atoms with van der Waals surface area (Å²) in [6.45, 7) is 1.98. The number of halogens is 1. The molecule has 5 nitrogen and oxygen atoms in total. The van der Waals surface area contributed by atoms with Gasteiger partial charge in [-0.1, -0.05) is 35.9 Å². The van der Waals surface area contributed by atoms with Gasteiger partial charge in [-0.05, 0) is 48.5 Å². The van der Waals surface area contributed by atoms with Crippen molar-refractivity contribution in [1.29, 1.82) is 0 Å². The van der Waals surface area contributed by atoms with Crippen LogP contribution in [0.25, 0.3) is 6.08 Å². The Hall–Kier alpha value is -2.44. The van der Waals surface area contributed by atoms with E-state index in [0.717, 1.165) is 28.6 Å². The minimum atomic E-state index is -0.336. The Labute approximate surface area is 161 Å². The fourth-order valence-corrected chi connectivity index (χ4v) is 3.45. The van der Waals surface area contributed by atoms with Crippen LogP contribution in [0.5, 0.6) is 5.75 Å². The van der Waals surface area contributed by atoms with Crippen LogP contribution in [0.3, 0.4) is 0 Å². The Morgan fingerprint density at radius 3 is 2.73 bits per heavy atom. The van der Waals surface area contributed by atoms with Crippen LogP contribution in [0.4, 0.5) is 10.5 Å². The molecule has 0 radical (unpaired) electrons. The molecule has 7 heteroatoms. The summed E-state index contributed by atoms with van der Waals surface area (Å²) < 4.78 is 5.28. The van der Waals surface area contributed by atoms with Gasteiger partial charge in [0.05, 0.1) is 18.7 Å². The largest absolute Gasteiger partial charge is 0.496 e. The molecule has 1 heterocycles. The molecule has 134 valence electrons. The number of methoxy groups -OCH3 is 1. The van der Waals surface area contributed by atoms with Crippen molar-refractivity contribution < 1.29 is 14.3 Å². The van der Waals surface area contributed by atoms with Crippen LogP contribution in [0.1, 0.15) is 11.1 Å². The molecule has 0 spiro atoms. The normalized spacial score (nSPS) is 15.7. The van der Waals surface area contributed by atoms with Crippen molar-refractivity contribution in [1.82, 2.24) is 4.90 Å². The lowest BCUT2D eigenvalue weighted by Crippen LogP contribution is -2.33. The molecule has 1 aliphatic rings. The first-order valence-electron chi connectivity index (χ1n) is 7.88. The van der Waals surface area contributed by atoms with E-state index in [1.54, 1.807) is 25.3 Å². The first-order valence-corrected chi connectivity index (χ1v) is 9.07. The van der Waals surface area contributed by atoms with E-state index in [9.17, 15) is 9.59 Å². The number of anilines is 1. The number of amides is 2. The topological polar surface area (TPSA) is 58.6 Å². The highest BCUT2D eigenvalue weighted by Crippen LogP contribution is 2.34. The van der Waals surface area contributed by atoms with Crippen LogP contribution in [0.15, 0.2) is 47.4 Å². The SMILES string of the molecule is COc1ccccc1/C=C1/SC(=O)N(CNc2ccc(C)c(Cl)c2)C1=O. The number of aryl methyl sites for hydroxylation is 1. The van der Waals surface area contributed by atoms with Crippen molar-refractivity contribution in [2.45, 2.75) is 6.92 Å². The maximum atomic E-state index is 12.6. The zero-order valence-corrected chi connectivity index (χ0v) is 15.9. The van der Waals surface area contributed by atoms with Crippen molar-refractivity contribution in [3.8, 4) is 5.75 Å². The number of benzene rings is 2. The Morgan fingerprint density at radius 2 is 2.00 bits per heavy atom. The van der Waals surface area contributed by atoms with Crippen LogP contribution in [-0.4, -0.2) is 29.8 Å². The second kappa shape index (κ2) is 7.85. The number of rotatable bonds is 5. The lowest BCUT2D eigenvalue weighted by atomic mass is 10.2. The van der Waals surface area contributed by atoms with Gasteiger partial charge in [-0.25, -0.2) is 0 Å². The molecule has 0 saturated carbocycles. The van der Waals surface area contributed by atoms with Crippen molar-refractivity contribution in [2.24, 2.45) is 0 Å². The van der Waals surface area contributed by atoms with Gasteiger partial charge < -0.3 is 10.1 Å². The molecule has 1 N–H and O–H groups in total. The predicted octanol–water partition coefficient (Wildman–Crippen LogP) is 4.76. The maximum absolute atomic E-state index is 12.6. The highest BCUT2D eigenvalue weighted by molar-refractivity contribution is 8.18. The van der Waals surface area contributed by atoms with Crippen LogP contribution in [-0.2, 0) is 4.79 Å². The lowest BCUT2D eigenvalue weighted by molar-refractivity contribution is -0.122. The molecule has 0 aliphatic carbocycles. The molecule has 26 heavy (non-hydrogen) atoms. The molecular weight excluding hydrogens is 372 g/mol. The van der Waals surface area contributed by atoms with E-state index >= 15 is 0 Å². The molecule has 2 amide bonds. The Morgan fingerprint density at radius 1 is 1.23 bits per heavy atom. The van der Waals surface area contributed by atoms with Gasteiger partial charge in [0.25, 0.3) is 11.1 Å². The molecule has 0 bridgehead atoms. The first kappa shape index (κ1) is 18.4. The fourth-order valence-electron chi connectivity index (χ4n) is 2.44. The molecule has 2 aromatic rings. The van der Waals surface area contributed by atoms with Crippen LogP contribution >= 0.6 is 23.4 Å². The van der Waals surface area contributed by atoms with Crippen molar-refractivity contribution in [3.63, 3.8) is 0 Å². The second-order valence-corrected chi connectivity index (χ2v) is 7.05. The number of para-hydroxylation sites is 1. The van der Waals surface area contributed by atoms with Gasteiger partial charge in [0.15, 0.2) is 0 Å². The number of nitrogens with one attached hydrogen (secondary N) is 1. The van der Waals surface area contributed by atoms with Gasteiger partial charge in [-0.3, -0.25) is 14.5 Å². The summed E-state index contributed by atoms with van der Waals surface area (Å²) >= 11 is 7.01. The molecule has 0 atom stereocenters. The summed E-state index contributed by atoms with van der Waals surface area (Å²) in [7, 11) is 1.56. The minimum Gasteiger partial charge on any atom is -0.496 e. The zero-order valence-electron chi connectivity index (χ0n) is 14.3. The highest BCUT2D eigenvalue weighted by atomic mass is 35.5. The highest BCUT2D eigenvalue weighted by Gasteiger charge is 2.35. The number of imide groups is 1. The Kier molecular flexibility index (Phi) is 5.54. The number of carbonyl (C=O) groups is 2. The van der Waals surface area contributed by atoms with E-state index in [4.69, 9.17) is 16.3 Å². The van der Waals surface area contributed by atoms with Crippen molar-refractivity contribution in [3.05, 3.63) is 63.5 Å². The quantitative estimate of drug-likeness (QED) is 0.748. The van der Waals surface area contributed by atoms with E-state index in [1.165, 1.54) is 4.90 Å². The molecule has 1 fully saturated rings.